The summed E-state index contributed by atoms with van der Waals surface area (Å²) in [4.78, 5) is 0.219. The summed E-state index contributed by atoms with van der Waals surface area (Å²) >= 11 is 0. The van der Waals surface area contributed by atoms with Crippen molar-refractivity contribution >= 4 is 9.84 Å². The lowest BCUT2D eigenvalue weighted by molar-refractivity contribution is 0.520. The van der Waals surface area contributed by atoms with Gasteiger partial charge in [0, 0.05) is 12.6 Å². The van der Waals surface area contributed by atoms with Crippen molar-refractivity contribution in [1.29, 1.82) is 5.26 Å². The second-order valence-electron chi connectivity index (χ2n) is 4.60. The molecule has 0 fully saturated rings. The van der Waals surface area contributed by atoms with Crippen LogP contribution in [0.15, 0.2) is 29.2 Å². The molecular formula is C14H20N2O2S. The van der Waals surface area contributed by atoms with E-state index in [-0.39, 0.29) is 10.6 Å². The van der Waals surface area contributed by atoms with E-state index < -0.39 is 9.84 Å². The number of nitrogens with one attached hydrogen (secondary N) is 1. The molecule has 0 bridgehead atoms. The maximum Gasteiger partial charge on any atom is 0.179 e. The van der Waals surface area contributed by atoms with Gasteiger partial charge in [-0.25, -0.2) is 8.42 Å². The molecule has 1 aromatic rings. The zero-order valence-electron chi connectivity index (χ0n) is 11.4. The quantitative estimate of drug-likeness (QED) is 0.830. The number of sulfone groups is 1. The number of rotatable bonds is 7. The maximum absolute atomic E-state index is 12.1. The van der Waals surface area contributed by atoms with E-state index in [0.717, 1.165) is 12.8 Å². The lowest BCUT2D eigenvalue weighted by Gasteiger charge is -2.12. The molecule has 0 saturated carbocycles. The molecule has 0 amide bonds. The number of hydrogen-bond acceptors (Lipinski definition) is 4. The first-order valence-corrected chi connectivity index (χ1v) is 8.11. The first-order valence-electron chi connectivity index (χ1n) is 6.46. The molecule has 0 aliphatic rings. The highest BCUT2D eigenvalue weighted by atomic mass is 32.2. The van der Waals surface area contributed by atoms with Crippen LogP contribution in [0.25, 0.3) is 0 Å². The third kappa shape index (κ3) is 5.01. The van der Waals surface area contributed by atoms with Crippen molar-refractivity contribution in [2.24, 2.45) is 0 Å². The van der Waals surface area contributed by atoms with Gasteiger partial charge in [0.2, 0.25) is 0 Å². The lowest BCUT2D eigenvalue weighted by atomic mass is 10.2. The van der Waals surface area contributed by atoms with Gasteiger partial charge in [0.05, 0.1) is 22.3 Å². The Hall–Kier alpha value is -1.38. The Balaban J connectivity index is 2.63. The smallest absolute Gasteiger partial charge is 0.179 e. The van der Waals surface area contributed by atoms with E-state index in [1.165, 1.54) is 12.1 Å². The molecule has 0 aromatic heterocycles. The Morgan fingerprint density at radius 2 is 2.16 bits per heavy atom. The van der Waals surface area contributed by atoms with Crippen molar-refractivity contribution in [3.05, 3.63) is 29.8 Å². The first-order chi connectivity index (χ1) is 8.99. The molecule has 1 atom stereocenters. The Bertz CT molecular complexity index is 547. The lowest BCUT2D eigenvalue weighted by Crippen LogP contribution is -2.30. The van der Waals surface area contributed by atoms with Crippen molar-refractivity contribution in [3.63, 3.8) is 0 Å². The van der Waals surface area contributed by atoms with Crippen molar-refractivity contribution in [3.8, 4) is 6.07 Å². The highest BCUT2D eigenvalue weighted by molar-refractivity contribution is 7.91. The highest BCUT2D eigenvalue weighted by Crippen LogP contribution is 2.12. The summed E-state index contributed by atoms with van der Waals surface area (Å²) in [6.07, 6.45) is 2.11. The van der Waals surface area contributed by atoms with Crippen LogP contribution in [0.4, 0.5) is 0 Å². The highest BCUT2D eigenvalue weighted by Gasteiger charge is 2.14. The minimum Gasteiger partial charge on any atom is -0.313 e. The molecule has 1 unspecified atom stereocenters. The van der Waals surface area contributed by atoms with E-state index in [2.05, 4.69) is 12.2 Å². The summed E-state index contributed by atoms with van der Waals surface area (Å²) in [6, 6.07) is 8.42. The molecule has 1 N–H and O–H groups in total. The van der Waals surface area contributed by atoms with Gasteiger partial charge in [0.25, 0.3) is 0 Å². The van der Waals surface area contributed by atoms with E-state index in [0.29, 0.717) is 18.2 Å². The Kier molecular flexibility index (Phi) is 6.00. The minimum absolute atomic E-state index is 0.0515. The third-order valence-electron chi connectivity index (χ3n) is 2.91. The van der Waals surface area contributed by atoms with Gasteiger partial charge in [-0.2, -0.15) is 5.26 Å². The summed E-state index contributed by atoms with van der Waals surface area (Å²) < 4.78 is 24.2. The molecule has 5 heteroatoms. The number of hydrogen-bond donors (Lipinski definition) is 1. The maximum atomic E-state index is 12.1. The van der Waals surface area contributed by atoms with Crippen LogP contribution in [0, 0.1) is 11.3 Å². The molecule has 4 nitrogen and oxygen atoms in total. The van der Waals surface area contributed by atoms with Gasteiger partial charge in [-0.05, 0) is 31.5 Å². The molecule has 19 heavy (non-hydrogen) atoms. The molecule has 0 heterocycles. The van der Waals surface area contributed by atoms with E-state index >= 15 is 0 Å². The molecule has 104 valence electrons. The largest absolute Gasteiger partial charge is 0.313 e. The standard InChI is InChI=1S/C14H20N2O2S/c1-3-5-12(2)16-8-9-19(17,18)14-7-4-6-13(10-14)11-15/h4,6-7,10,12,16H,3,5,8-9H2,1-2H3. The van der Waals surface area contributed by atoms with Gasteiger partial charge in [-0.15, -0.1) is 0 Å². The monoisotopic (exact) mass is 280 g/mol. The minimum atomic E-state index is -3.32. The fourth-order valence-corrected chi connectivity index (χ4v) is 3.07. The van der Waals surface area contributed by atoms with Gasteiger partial charge >= 0.3 is 0 Å². The van der Waals surface area contributed by atoms with Crippen molar-refractivity contribution in [1.82, 2.24) is 5.32 Å². The average molecular weight is 280 g/mol. The number of benzene rings is 1. The predicted octanol–water partition coefficient (Wildman–Crippen LogP) is 2.11. The van der Waals surface area contributed by atoms with E-state index in [1.54, 1.807) is 12.1 Å². The van der Waals surface area contributed by atoms with Gasteiger partial charge in [-0.3, -0.25) is 0 Å². The van der Waals surface area contributed by atoms with Crippen molar-refractivity contribution < 1.29 is 8.42 Å². The van der Waals surface area contributed by atoms with E-state index in [9.17, 15) is 8.42 Å². The van der Waals surface area contributed by atoms with Crippen LogP contribution in [0.3, 0.4) is 0 Å². The molecule has 0 aliphatic carbocycles. The van der Waals surface area contributed by atoms with Gasteiger partial charge in [-0.1, -0.05) is 19.4 Å². The zero-order chi connectivity index (χ0) is 14.3. The van der Waals surface area contributed by atoms with Gasteiger partial charge in [0.15, 0.2) is 9.84 Å². The van der Waals surface area contributed by atoms with Crippen LogP contribution in [0.5, 0.6) is 0 Å². The molecule has 0 saturated heterocycles. The normalized spacial score (nSPS) is 12.9. The van der Waals surface area contributed by atoms with E-state index in [4.69, 9.17) is 5.26 Å². The average Bonchev–Trinajstić information content (AvgIpc) is 2.39. The van der Waals surface area contributed by atoms with Crippen molar-refractivity contribution in [2.45, 2.75) is 37.6 Å². The molecule has 0 spiro atoms. The Morgan fingerprint density at radius 1 is 1.42 bits per heavy atom. The van der Waals surface area contributed by atoms with Crippen LogP contribution in [-0.2, 0) is 9.84 Å². The summed E-state index contributed by atoms with van der Waals surface area (Å²) in [5, 5.41) is 12.0. The molecule has 0 radical (unpaired) electrons. The van der Waals surface area contributed by atoms with Crippen LogP contribution in [-0.4, -0.2) is 26.8 Å². The summed E-state index contributed by atoms with van der Waals surface area (Å²) in [6.45, 7) is 4.58. The van der Waals surface area contributed by atoms with Crippen LogP contribution in [0.1, 0.15) is 32.3 Å². The van der Waals surface area contributed by atoms with Gasteiger partial charge < -0.3 is 5.32 Å². The molecule has 1 aromatic carbocycles. The van der Waals surface area contributed by atoms with Crippen LogP contribution >= 0.6 is 0 Å². The summed E-state index contributed by atoms with van der Waals surface area (Å²) in [5.41, 5.74) is 0.369. The topological polar surface area (TPSA) is 70.0 Å². The second kappa shape index (κ2) is 7.27. The summed E-state index contributed by atoms with van der Waals surface area (Å²) in [7, 11) is -3.32. The Morgan fingerprint density at radius 3 is 2.79 bits per heavy atom. The molecular weight excluding hydrogens is 260 g/mol. The molecule has 0 aliphatic heterocycles. The van der Waals surface area contributed by atoms with Gasteiger partial charge in [0.1, 0.15) is 0 Å². The number of nitrogens with zero attached hydrogens (tertiary/aromatic N) is 1. The first kappa shape index (κ1) is 15.7. The zero-order valence-corrected chi connectivity index (χ0v) is 12.2. The Labute approximate surface area is 115 Å². The van der Waals surface area contributed by atoms with Crippen LogP contribution < -0.4 is 5.32 Å². The van der Waals surface area contributed by atoms with Crippen molar-refractivity contribution in [2.75, 3.05) is 12.3 Å². The fourth-order valence-electron chi connectivity index (χ4n) is 1.85. The predicted molar refractivity (Wildman–Crippen MR) is 75.6 cm³/mol. The molecule has 1 rings (SSSR count). The number of nitriles is 1. The van der Waals surface area contributed by atoms with Crippen LogP contribution in [0.2, 0.25) is 0 Å². The van der Waals surface area contributed by atoms with E-state index in [1.807, 2.05) is 13.0 Å². The summed E-state index contributed by atoms with van der Waals surface area (Å²) in [5.74, 6) is 0.0515. The SMILES string of the molecule is CCCC(C)NCCS(=O)(=O)c1cccc(C#N)c1. The fraction of sp³-hybridized carbons (Fsp3) is 0.500. The second-order valence-corrected chi connectivity index (χ2v) is 6.71. The third-order valence-corrected chi connectivity index (χ3v) is 4.62.